The van der Waals surface area contributed by atoms with Gasteiger partial charge in [-0.1, -0.05) is 12.1 Å². The SMILES string of the molecule is CS(=O)(=O)c1csc(C(=O)NC2CCCN(c3ccccc3F)C2=O)c1. The molecule has 0 bridgehead atoms. The first kappa shape index (κ1) is 18.5. The number of sulfone groups is 1. The van der Waals surface area contributed by atoms with Gasteiger partial charge in [-0.25, -0.2) is 12.8 Å². The lowest BCUT2D eigenvalue weighted by atomic mass is 10.0. The summed E-state index contributed by atoms with van der Waals surface area (Å²) >= 11 is 0.998. The van der Waals surface area contributed by atoms with Gasteiger partial charge in [0, 0.05) is 18.2 Å². The van der Waals surface area contributed by atoms with Gasteiger partial charge in [0.1, 0.15) is 11.9 Å². The van der Waals surface area contributed by atoms with Gasteiger partial charge in [0.05, 0.1) is 15.5 Å². The molecule has 2 amide bonds. The van der Waals surface area contributed by atoms with Gasteiger partial charge in [-0.15, -0.1) is 11.3 Å². The molecule has 1 fully saturated rings. The van der Waals surface area contributed by atoms with Crippen LogP contribution in [-0.2, 0) is 14.6 Å². The third-order valence-corrected chi connectivity index (χ3v) is 6.28. The Hall–Kier alpha value is -2.26. The summed E-state index contributed by atoms with van der Waals surface area (Å²) in [6, 6.07) is 6.50. The summed E-state index contributed by atoms with van der Waals surface area (Å²) in [5.74, 6) is -1.39. The number of amides is 2. The molecule has 2 aromatic rings. The normalized spacial score (nSPS) is 18.0. The third-order valence-electron chi connectivity index (χ3n) is 4.11. The number of hydrogen-bond acceptors (Lipinski definition) is 5. The van der Waals surface area contributed by atoms with Gasteiger partial charge >= 0.3 is 0 Å². The number of benzene rings is 1. The summed E-state index contributed by atoms with van der Waals surface area (Å²) in [4.78, 5) is 26.6. The van der Waals surface area contributed by atoms with E-state index in [1.165, 1.54) is 28.5 Å². The van der Waals surface area contributed by atoms with Crippen LogP contribution >= 0.6 is 11.3 Å². The van der Waals surface area contributed by atoms with Gasteiger partial charge in [0.15, 0.2) is 9.84 Å². The number of nitrogens with zero attached hydrogens (tertiary/aromatic N) is 1. The van der Waals surface area contributed by atoms with E-state index in [9.17, 15) is 22.4 Å². The van der Waals surface area contributed by atoms with Crippen LogP contribution in [0.2, 0.25) is 0 Å². The van der Waals surface area contributed by atoms with Crippen LogP contribution in [0.4, 0.5) is 10.1 Å². The number of rotatable bonds is 4. The molecule has 1 aromatic carbocycles. The minimum absolute atomic E-state index is 0.0654. The van der Waals surface area contributed by atoms with Gasteiger partial charge in [-0.05, 0) is 31.0 Å². The maximum atomic E-state index is 14.0. The molecule has 0 aliphatic carbocycles. The predicted molar refractivity (Wildman–Crippen MR) is 96.7 cm³/mol. The Labute approximate surface area is 154 Å². The Bertz CT molecular complexity index is 955. The van der Waals surface area contributed by atoms with E-state index >= 15 is 0 Å². The van der Waals surface area contributed by atoms with Crippen LogP contribution < -0.4 is 10.2 Å². The first-order chi connectivity index (χ1) is 12.3. The number of hydrogen-bond donors (Lipinski definition) is 1. The van der Waals surface area contributed by atoms with Crippen LogP contribution in [0.15, 0.2) is 40.6 Å². The van der Waals surface area contributed by atoms with Crippen molar-refractivity contribution in [3.63, 3.8) is 0 Å². The quantitative estimate of drug-likeness (QED) is 0.859. The fourth-order valence-electron chi connectivity index (χ4n) is 2.78. The summed E-state index contributed by atoms with van der Waals surface area (Å²) in [5, 5.41) is 4.02. The maximum absolute atomic E-state index is 14.0. The zero-order valence-corrected chi connectivity index (χ0v) is 15.6. The smallest absolute Gasteiger partial charge is 0.262 e. The van der Waals surface area contributed by atoms with Crippen molar-refractivity contribution in [1.82, 2.24) is 5.32 Å². The molecule has 138 valence electrons. The zero-order valence-electron chi connectivity index (χ0n) is 13.9. The first-order valence-electron chi connectivity index (χ1n) is 7.93. The maximum Gasteiger partial charge on any atom is 0.262 e. The van der Waals surface area contributed by atoms with E-state index in [0.29, 0.717) is 19.4 Å². The molecule has 1 aliphatic rings. The Kier molecular flexibility index (Phi) is 5.10. The molecule has 2 heterocycles. The molecule has 0 saturated carbocycles. The topological polar surface area (TPSA) is 83.6 Å². The predicted octanol–water partition coefficient (Wildman–Crippen LogP) is 2.22. The second-order valence-corrected chi connectivity index (χ2v) is 8.96. The minimum atomic E-state index is -3.40. The zero-order chi connectivity index (χ0) is 18.9. The highest BCUT2D eigenvalue weighted by atomic mass is 32.2. The van der Waals surface area contributed by atoms with Crippen LogP contribution in [0, 0.1) is 5.82 Å². The van der Waals surface area contributed by atoms with Crippen molar-refractivity contribution in [2.75, 3.05) is 17.7 Å². The molecule has 1 unspecified atom stereocenters. The van der Waals surface area contributed by atoms with E-state index < -0.39 is 27.6 Å². The summed E-state index contributed by atoms with van der Waals surface area (Å²) in [7, 11) is -3.40. The second kappa shape index (κ2) is 7.16. The summed E-state index contributed by atoms with van der Waals surface area (Å²) in [5.41, 5.74) is 0.187. The minimum Gasteiger partial charge on any atom is -0.340 e. The molecule has 6 nitrogen and oxygen atoms in total. The van der Waals surface area contributed by atoms with Crippen molar-refractivity contribution in [3.05, 3.63) is 46.4 Å². The Morgan fingerprint density at radius 3 is 2.73 bits per heavy atom. The average Bonchev–Trinajstić information content (AvgIpc) is 3.08. The number of anilines is 1. The molecular weight excluding hydrogens is 379 g/mol. The number of carbonyl (C=O) groups excluding carboxylic acids is 2. The number of halogens is 1. The van der Waals surface area contributed by atoms with Crippen molar-refractivity contribution in [2.24, 2.45) is 0 Å². The fourth-order valence-corrected chi connectivity index (χ4v) is 4.70. The number of para-hydroxylation sites is 1. The molecule has 9 heteroatoms. The molecule has 1 N–H and O–H groups in total. The molecule has 1 aliphatic heterocycles. The van der Waals surface area contributed by atoms with Gasteiger partial charge < -0.3 is 10.2 Å². The van der Waals surface area contributed by atoms with E-state index in [4.69, 9.17) is 0 Å². The number of carbonyl (C=O) groups is 2. The lowest BCUT2D eigenvalue weighted by Gasteiger charge is -2.32. The van der Waals surface area contributed by atoms with E-state index in [2.05, 4.69) is 5.32 Å². The van der Waals surface area contributed by atoms with Crippen LogP contribution in [-0.4, -0.2) is 39.1 Å². The van der Waals surface area contributed by atoms with Crippen LogP contribution in [0.25, 0.3) is 0 Å². The van der Waals surface area contributed by atoms with Gasteiger partial charge in [0.2, 0.25) is 5.91 Å². The fraction of sp³-hybridized carbons (Fsp3) is 0.294. The van der Waals surface area contributed by atoms with Crippen molar-refractivity contribution in [2.45, 2.75) is 23.8 Å². The largest absolute Gasteiger partial charge is 0.340 e. The highest BCUT2D eigenvalue weighted by molar-refractivity contribution is 7.90. The molecule has 1 atom stereocenters. The molecule has 1 saturated heterocycles. The average molecular weight is 396 g/mol. The molecule has 0 radical (unpaired) electrons. The highest BCUT2D eigenvalue weighted by Gasteiger charge is 2.32. The van der Waals surface area contributed by atoms with E-state index in [0.717, 1.165) is 17.6 Å². The van der Waals surface area contributed by atoms with Crippen molar-refractivity contribution in [3.8, 4) is 0 Å². The van der Waals surface area contributed by atoms with E-state index in [-0.39, 0.29) is 21.4 Å². The standard InChI is InChI=1S/C17H17FN2O4S2/c1-26(23,24)11-9-15(25-10-11)16(21)19-13-6-4-8-20(17(13)22)14-7-3-2-5-12(14)18/h2-3,5,7,9-10,13H,4,6,8H2,1H3,(H,19,21). The third kappa shape index (κ3) is 3.78. The molecule has 3 rings (SSSR count). The number of thiophene rings is 1. The van der Waals surface area contributed by atoms with Crippen molar-refractivity contribution < 1.29 is 22.4 Å². The second-order valence-electron chi connectivity index (χ2n) is 6.03. The Morgan fingerprint density at radius 2 is 2.08 bits per heavy atom. The van der Waals surface area contributed by atoms with Gasteiger partial charge in [-0.2, -0.15) is 0 Å². The molecule has 1 aromatic heterocycles. The Balaban J connectivity index is 1.75. The monoisotopic (exact) mass is 396 g/mol. The van der Waals surface area contributed by atoms with Gasteiger partial charge in [-0.3, -0.25) is 9.59 Å². The lowest BCUT2D eigenvalue weighted by molar-refractivity contribution is -0.121. The first-order valence-corrected chi connectivity index (χ1v) is 10.7. The van der Waals surface area contributed by atoms with E-state index in [1.54, 1.807) is 12.1 Å². The number of piperidine rings is 1. The number of nitrogens with one attached hydrogen (secondary N) is 1. The van der Waals surface area contributed by atoms with E-state index in [1.807, 2.05) is 0 Å². The highest BCUT2D eigenvalue weighted by Crippen LogP contribution is 2.25. The van der Waals surface area contributed by atoms with Gasteiger partial charge in [0.25, 0.3) is 5.91 Å². The van der Waals surface area contributed by atoms with Crippen LogP contribution in [0.3, 0.4) is 0 Å². The van der Waals surface area contributed by atoms with Crippen LogP contribution in [0.5, 0.6) is 0 Å². The summed E-state index contributed by atoms with van der Waals surface area (Å²) in [6.45, 7) is 0.378. The van der Waals surface area contributed by atoms with Crippen LogP contribution in [0.1, 0.15) is 22.5 Å². The van der Waals surface area contributed by atoms with Crippen molar-refractivity contribution in [1.29, 1.82) is 0 Å². The summed E-state index contributed by atoms with van der Waals surface area (Å²) in [6.07, 6.45) is 2.12. The molecule has 26 heavy (non-hydrogen) atoms. The Morgan fingerprint density at radius 1 is 1.35 bits per heavy atom. The molecule has 0 spiro atoms. The molecular formula is C17H17FN2O4S2. The summed E-state index contributed by atoms with van der Waals surface area (Å²) < 4.78 is 37.0. The van der Waals surface area contributed by atoms with Crippen molar-refractivity contribution >= 4 is 38.7 Å². The lowest BCUT2D eigenvalue weighted by Crippen LogP contribution is -2.52.